The molecule has 2 heterocycles. The molecule has 0 aliphatic heterocycles. The highest BCUT2D eigenvalue weighted by Crippen LogP contribution is 2.25. The van der Waals surface area contributed by atoms with E-state index >= 15 is 0 Å². The van der Waals surface area contributed by atoms with Gasteiger partial charge in [-0.15, -0.1) is 16.4 Å². The van der Waals surface area contributed by atoms with E-state index in [0.717, 1.165) is 10.6 Å². The summed E-state index contributed by atoms with van der Waals surface area (Å²) >= 11 is 1.45. The monoisotopic (exact) mass is 182 g/mol. The van der Waals surface area contributed by atoms with Gasteiger partial charge in [-0.3, -0.25) is 0 Å². The number of hydrogen-bond donors (Lipinski definition) is 1. The van der Waals surface area contributed by atoms with Crippen molar-refractivity contribution in [3.05, 3.63) is 11.2 Å². The highest BCUT2D eigenvalue weighted by Gasteiger charge is 2.10. The second-order valence-corrected chi connectivity index (χ2v) is 3.07. The van der Waals surface area contributed by atoms with Crippen molar-refractivity contribution in [2.24, 2.45) is 0 Å². The quantitative estimate of drug-likeness (QED) is 0.714. The molecule has 0 aliphatic carbocycles. The Balaban J connectivity index is 2.50. The molecule has 2 N–H and O–H groups in total. The Kier molecular flexibility index (Phi) is 1.54. The first-order valence-corrected chi connectivity index (χ1v) is 4.15. The third kappa shape index (κ3) is 1.06. The normalized spacial score (nSPS) is 10.4. The van der Waals surface area contributed by atoms with E-state index in [0.29, 0.717) is 5.89 Å². The number of thiazole rings is 1. The van der Waals surface area contributed by atoms with Gasteiger partial charge in [-0.2, -0.15) is 0 Å². The molecular formula is C6H6N4OS. The van der Waals surface area contributed by atoms with Crippen molar-refractivity contribution in [1.82, 2.24) is 15.2 Å². The first-order valence-electron chi connectivity index (χ1n) is 3.27. The number of aromatic nitrogens is 3. The lowest BCUT2D eigenvalue weighted by Gasteiger charge is -1.86. The van der Waals surface area contributed by atoms with E-state index in [2.05, 4.69) is 15.2 Å². The van der Waals surface area contributed by atoms with Crippen LogP contribution in [0.25, 0.3) is 10.8 Å². The SMILES string of the molecule is Cc1ncsc1-c1nnc(N)o1. The first-order chi connectivity index (χ1) is 5.77. The number of anilines is 1. The Morgan fingerprint density at radius 1 is 1.50 bits per heavy atom. The number of aryl methyl sites for hydroxylation is 1. The van der Waals surface area contributed by atoms with Crippen LogP contribution in [0, 0.1) is 6.92 Å². The number of nitrogens with zero attached hydrogens (tertiary/aromatic N) is 3. The van der Waals surface area contributed by atoms with E-state index in [1.165, 1.54) is 11.3 Å². The lowest BCUT2D eigenvalue weighted by molar-refractivity contribution is 0.591. The smallest absolute Gasteiger partial charge is 0.313 e. The van der Waals surface area contributed by atoms with Crippen LogP contribution in [-0.2, 0) is 0 Å². The van der Waals surface area contributed by atoms with Crippen molar-refractivity contribution >= 4 is 17.4 Å². The minimum Gasteiger partial charge on any atom is -0.403 e. The van der Waals surface area contributed by atoms with Crippen molar-refractivity contribution in [1.29, 1.82) is 0 Å². The number of rotatable bonds is 1. The van der Waals surface area contributed by atoms with E-state index in [1.807, 2.05) is 6.92 Å². The Hall–Kier alpha value is -1.43. The topological polar surface area (TPSA) is 77.8 Å². The summed E-state index contributed by atoms with van der Waals surface area (Å²) in [5.74, 6) is 0.438. The van der Waals surface area contributed by atoms with Gasteiger partial charge in [0.2, 0.25) is 0 Å². The van der Waals surface area contributed by atoms with Gasteiger partial charge in [-0.1, -0.05) is 5.10 Å². The summed E-state index contributed by atoms with van der Waals surface area (Å²) in [6.45, 7) is 1.88. The molecule has 2 aromatic heterocycles. The van der Waals surface area contributed by atoms with Gasteiger partial charge in [-0.25, -0.2) is 4.98 Å². The molecule has 0 saturated heterocycles. The lowest BCUT2D eigenvalue weighted by atomic mass is 10.4. The van der Waals surface area contributed by atoms with Gasteiger partial charge in [0, 0.05) is 0 Å². The fraction of sp³-hybridized carbons (Fsp3) is 0.167. The molecule has 0 amide bonds. The van der Waals surface area contributed by atoms with Gasteiger partial charge in [0.1, 0.15) is 4.88 Å². The number of nitrogens with two attached hydrogens (primary N) is 1. The van der Waals surface area contributed by atoms with Crippen LogP contribution in [0.15, 0.2) is 9.93 Å². The van der Waals surface area contributed by atoms with Gasteiger partial charge >= 0.3 is 6.01 Å². The molecule has 2 aromatic rings. The molecule has 0 saturated carbocycles. The van der Waals surface area contributed by atoms with Crippen LogP contribution in [0.1, 0.15) is 5.69 Å². The molecule has 0 fully saturated rings. The highest BCUT2D eigenvalue weighted by molar-refractivity contribution is 7.13. The summed E-state index contributed by atoms with van der Waals surface area (Å²) in [6.07, 6.45) is 0. The molecule has 2 rings (SSSR count). The average molecular weight is 182 g/mol. The molecule has 0 spiro atoms. The third-order valence-corrected chi connectivity index (χ3v) is 2.30. The number of nitrogen functional groups attached to an aromatic ring is 1. The zero-order valence-corrected chi connectivity index (χ0v) is 7.13. The van der Waals surface area contributed by atoms with Crippen LogP contribution in [0.3, 0.4) is 0 Å². The molecular weight excluding hydrogens is 176 g/mol. The van der Waals surface area contributed by atoms with Crippen LogP contribution in [-0.4, -0.2) is 15.2 Å². The maximum atomic E-state index is 5.28. The third-order valence-electron chi connectivity index (χ3n) is 1.38. The van der Waals surface area contributed by atoms with E-state index < -0.39 is 0 Å². The van der Waals surface area contributed by atoms with E-state index in [4.69, 9.17) is 10.2 Å². The predicted molar refractivity (Wildman–Crippen MR) is 44.6 cm³/mol. The van der Waals surface area contributed by atoms with Gasteiger partial charge < -0.3 is 10.2 Å². The van der Waals surface area contributed by atoms with Crippen molar-refractivity contribution in [3.63, 3.8) is 0 Å². The fourth-order valence-electron chi connectivity index (χ4n) is 0.834. The zero-order chi connectivity index (χ0) is 8.55. The molecule has 0 atom stereocenters. The molecule has 0 radical (unpaired) electrons. The van der Waals surface area contributed by atoms with Gasteiger partial charge in [0.15, 0.2) is 0 Å². The van der Waals surface area contributed by atoms with Crippen molar-refractivity contribution < 1.29 is 4.42 Å². The average Bonchev–Trinajstić information content (AvgIpc) is 2.58. The van der Waals surface area contributed by atoms with Crippen LogP contribution in [0.2, 0.25) is 0 Å². The minimum atomic E-state index is 0.0813. The van der Waals surface area contributed by atoms with Gasteiger partial charge in [-0.05, 0) is 6.92 Å². The second kappa shape index (κ2) is 2.56. The summed E-state index contributed by atoms with van der Waals surface area (Å²) in [7, 11) is 0. The first kappa shape index (κ1) is 7.23. The molecule has 0 aromatic carbocycles. The standard InChI is InChI=1S/C6H6N4OS/c1-3-4(12-2-8-3)5-9-10-6(7)11-5/h2H,1H3,(H2,7,10). The van der Waals surface area contributed by atoms with E-state index in [1.54, 1.807) is 5.51 Å². The zero-order valence-electron chi connectivity index (χ0n) is 6.31. The summed E-state index contributed by atoms with van der Waals surface area (Å²) in [5.41, 5.74) is 7.88. The van der Waals surface area contributed by atoms with E-state index in [-0.39, 0.29) is 6.01 Å². The minimum absolute atomic E-state index is 0.0813. The summed E-state index contributed by atoms with van der Waals surface area (Å²) in [6, 6.07) is 0.0813. The lowest BCUT2D eigenvalue weighted by Crippen LogP contribution is -1.81. The fourth-order valence-corrected chi connectivity index (χ4v) is 1.56. The van der Waals surface area contributed by atoms with Gasteiger partial charge in [0.05, 0.1) is 11.2 Å². The van der Waals surface area contributed by atoms with Gasteiger partial charge in [0.25, 0.3) is 5.89 Å². The number of hydrogen-bond acceptors (Lipinski definition) is 6. The largest absolute Gasteiger partial charge is 0.403 e. The Bertz CT molecular complexity index is 394. The molecule has 0 aliphatic rings. The predicted octanol–water partition coefficient (Wildman–Crippen LogP) is 1.08. The molecule has 6 heteroatoms. The van der Waals surface area contributed by atoms with Crippen molar-refractivity contribution in [2.45, 2.75) is 6.92 Å². The Morgan fingerprint density at radius 2 is 2.33 bits per heavy atom. The van der Waals surface area contributed by atoms with Crippen molar-refractivity contribution in [3.8, 4) is 10.8 Å². The van der Waals surface area contributed by atoms with Crippen LogP contribution in [0.5, 0.6) is 0 Å². The van der Waals surface area contributed by atoms with Crippen LogP contribution < -0.4 is 5.73 Å². The summed E-state index contributed by atoms with van der Waals surface area (Å²) < 4.78 is 5.03. The van der Waals surface area contributed by atoms with Crippen LogP contribution in [0.4, 0.5) is 6.01 Å². The summed E-state index contributed by atoms with van der Waals surface area (Å²) in [4.78, 5) is 4.93. The molecule has 12 heavy (non-hydrogen) atoms. The Morgan fingerprint density at radius 3 is 2.83 bits per heavy atom. The molecule has 62 valence electrons. The maximum absolute atomic E-state index is 5.28. The highest BCUT2D eigenvalue weighted by atomic mass is 32.1. The van der Waals surface area contributed by atoms with Crippen molar-refractivity contribution in [2.75, 3.05) is 5.73 Å². The van der Waals surface area contributed by atoms with E-state index in [9.17, 15) is 0 Å². The van der Waals surface area contributed by atoms with Crippen LogP contribution >= 0.6 is 11.3 Å². The second-order valence-electron chi connectivity index (χ2n) is 2.21. The Labute approximate surface area is 72.3 Å². The summed E-state index contributed by atoms with van der Waals surface area (Å²) in [5, 5.41) is 7.30. The molecule has 0 unspecified atom stereocenters. The maximum Gasteiger partial charge on any atom is 0.313 e. The molecule has 5 nitrogen and oxygen atoms in total. The molecule has 0 bridgehead atoms.